The van der Waals surface area contributed by atoms with Crippen LogP contribution >= 0.6 is 0 Å². The largest absolute Gasteiger partial charge is 0.489 e. The Bertz CT molecular complexity index is 874. The van der Waals surface area contributed by atoms with Gasteiger partial charge in [-0.2, -0.15) is 18.3 Å². The van der Waals surface area contributed by atoms with Crippen molar-refractivity contribution >= 4 is 11.9 Å². The number of alkyl halides is 3. The first kappa shape index (κ1) is 18.5. The molecule has 0 spiro atoms. The minimum Gasteiger partial charge on any atom is -0.489 e. The predicted octanol–water partition coefficient (Wildman–Crippen LogP) is 5.73. The van der Waals surface area contributed by atoms with Crippen LogP contribution in [0.2, 0.25) is 0 Å². The van der Waals surface area contributed by atoms with E-state index in [9.17, 15) is 13.2 Å². The van der Waals surface area contributed by atoms with E-state index in [1.54, 1.807) is 6.21 Å². The fourth-order valence-corrected chi connectivity index (χ4v) is 2.31. The summed E-state index contributed by atoms with van der Waals surface area (Å²) in [4.78, 5) is 0. The van der Waals surface area contributed by atoms with Crippen LogP contribution in [-0.4, -0.2) is 6.21 Å². The molecule has 0 saturated carbocycles. The Labute approximate surface area is 155 Å². The van der Waals surface area contributed by atoms with Crippen molar-refractivity contribution in [1.29, 1.82) is 0 Å². The van der Waals surface area contributed by atoms with Crippen molar-refractivity contribution in [3.8, 4) is 5.75 Å². The summed E-state index contributed by atoms with van der Waals surface area (Å²) in [5.41, 5.74) is 4.41. The molecular formula is C21H17F3N2O. The normalized spacial score (nSPS) is 11.5. The van der Waals surface area contributed by atoms with Crippen molar-refractivity contribution in [1.82, 2.24) is 0 Å². The molecular weight excluding hydrogens is 353 g/mol. The number of anilines is 1. The molecule has 1 N–H and O–H groups in total. The van der Waals surface area contributed by atoms with Crippen molar-refractivity contribution in [2.75, 3.05) is 5.43 Å². The minimum atomic E-state index is -4.34. The molecule has 3 aromatic carbocycles. The van der Waals surface area contributed by atoms with E-state index in [1.807, 2.05) is 54.6 Å². The molecule has 138 valence electrons. The Morgan fingerprint density at radius 2 is 1.52 bits per heavy atom. The van der Waals surface area contributed by atoms with Gasteiger partial charge in [0.25, 0.3) is 0 Å². The van der Waals surface area contributed by atoms with E-state index < -0.39 is 11.7 Å². The van der Waals surface area contributed by atoms with Crippen LogP contribution in [0.1, 0.15) is 16.7 Å². The van der Waals surface area contributed by atoms with Gasteiger partial charge in [0.15, 0.2) is 0 Å². The van der Waals surface area contributed by atoms with Gasteiger partial charge in [0.1, 0.15) is 12.4 Å². The molecule has 0 aliphatic heterocycles. The first-order chi connectivity index (χ1) is 13.0. The number of nitrogens with zero attached hydrogens (tertiary/aromatic N) is 1. The summed E-state index contributed by atoms with van der Waals surface area (Å²) in [6.45, 7) is 0.490. The zero-order valence-electron chi connectivity index (χ0n) is 14.3. The van der Waals surface area contributed by atoms with Gasteiger partial charge < -0.3 is 4.74 Å². The summed E-state index contributed by atoms with van der Waals surface area (Å²) in [6, 6.07) is 21.9. The quantitative estimate of drug-likeness (QED) is 0.444. The third-order valence-electron chi connectivity index (χ3n) is 3.75. The zero-order chi connectivity index (χ0) is 19.1. The summed E-state index contributed by atoms with van der Waals surface area (Å²) >= 11 is 0. The fraction of sp³-hybridized carbons (Fsp3) is 0.0952. The third kappa shape index (κ3) is 5.60. The molecule has 0 bridgehead atoms. The van der Waals surface area contributed by atoms with Gasteiger partial charge in [0, 0.05) is 0 Å². The van der Waals surface area contributed by atoms with Crippen LogP contribution in [0.4, 0.5) is 18.9 Å². The van der Waals surface area contributed by atoms with Crippen LogP contribution in [0.15, 0.2) is 84.0 Å². The SMILES string of the molecule is FC(F)(F)c1ccc(N/N=C/c2ccc(OCc3ccccc3)cc2)cc1. The molecule has 0 amide bonds. The van der Waals surface area contributed by atoms with Gasteiger partial charge in [0.05, 0.1) is 17.5 Å². The summed E-state index contributed by atoms with van der Waals surface area (Å²) in [6.07, 6.45) is -2.76. The number of ether oxygens (including phenoxy) is 1. The lowest BCUT2D eigenvalue weighted by atomic mass is 10.2. The minimum absolute atomic E-state index is 0.474. The highest BCUT2D eigenvalue weighted by molar-refractivity contribution is 5.80. The molecule has 0 aliphatic rings. The summed E-state index contributed by atoms with van der Waals surface area (Å²) in [5.74, 6) is 0.742. The van der Waals surface area contributed by atoms with Gasteiger partial charge >= 0.3 is 6.18 Å². The van der Waals surface area contributed by atoms with E-state index >= 15 is 0 Å². The lowest BCUT2D eigenvalue weighted by Gasteiger charge is -2.07. The average Bonchev–Trinajstić information content (AvgIpc) is 2.68. The van der Waals surface area contributed by atoms with E-state index in [2.05, 4.69) is 10.5 Å². The Morgan fingerprint density at radius 1 is 0.852 bits per heavy atom. The number of nitrogens with one attached hydrogen (secondary N) is 1. The first-order valence-electron chi connectivity index (χ1n) is 8.24. The molecule has 3 nitrogen and oxygen atoms in total. The Morgan fingerprint density at radius 3 is 2.15 bits per heavy atom. The van der Waals surface area contributed by atoms with Crippen molar-refractivity contribution in [3.05, 3.63) is 95.6 Å². The lowest BCUT2D eigenvalue weighted by Crippen LogP contribution is -2.04. The molecule has 0 saturated heterocycles. The van der Waals surface area contributed by atoms with Crippen molar-refractivity contribution in [2.24, 2.45) is 5.10 Å². The average molecular weight is 370 g/mol. The molecule has 0 heterocycles. The van der Waals surface area contributed by atoms with Crippen molar-refractivity contribution in [2.45, 2.75) is 12.8 Å². The third-order valence-corrected chi connectivity index (χ3v) is 3.75. The molecule has 0 unspecified atom stereocenters. The fourth-order valence-electron chi connectivity index (χ4n) is 2.31. The Kier molecular flexibility index (Phi) is 5.76. The molecule has 6 heteroatoms. The summed E-state index contributed by atoms with van der Waals surface area (Å²) in [5, 5.41) is 4.03. The number of benzene rings is 3. The second-order valence-corrected chi connectivity index (χ2v) is 5.79. The monoisotopic (exact) mass is 370 g/mol. The topological polar surface area (TPSA) is 33.6 Å². The molecule has 0 radical (unpaired) electrons. The van der Waals surface area contributed by atoms with Crippen LogP contribution in [0.25, 0.3) is 0 Å². The van der Waals surface area contributed by atoms with Crippen LogP contribution in [0.3, 0.4) is 0 Å². The first-order valence-corrected chi connectivity index (χ1v) is 8.24. The second-order valence-electron chi connectivity index (χ2n) is 5.79. The standard InChI is InChI=1S/C21H17F3N2O/c22-21(23,24)18-8-10-19(11-9-18)26-25-14-16-6-12-20(13-7-16)27-15-17-4-2-1-3-5-17/h1-14,26H,15H2/b25-14+. The van der Waals surface area contributed by atoms with Crippen molar-refractivity contribution < 1.29 is 17.9 Å². The molecule has 3 aromatic rings. The van der Waals surface area contributed by atoms with E-state index in [1.165, 1.54) is 12.1 Å². The number of hydrogen-bond donors (Lipinski definition) is 1. The van der Waals surface area contributed by atoms with Crippen LogP contribution in [-0.2, 0) is 12.8 Å². The molecule has 27 heavy (non-hydrogen) atoms. The van der Waals surface area contributed by atoms with E-state index in [0.717, 1.165) is 29.0 Å². The highest BCUT2D eigenvalue weighted by Gasteiger charge is 2.29. The maximum atomic E-state index is 12.5. The van der Waals surface area contributed by atoms with Crippen molar-refractivity contribution in [3.63, 3.8) is 0 Å². The second kappa shape index (κ2) is 8.40. The summed E-state index contributed by atoms with van der Waals surface area (Å²) < 4.78 is 43.3. The Hall–Kier alpha value is -3.28. The maximum absolute atomic E-state index is 12.5. The van der Waals surface area contributed by atoms with Gasteiger partial charge in [-0.05, 0) is 59.7 Å². The van der Waals surface area contributed by atoms with Crippen LogP contribution < -0.4 is 10.2 Å². The highest BCUT2D eigenvalue weighted by Crippen LogP contribution is 2.29. The molecule has 0 aliphatic carbocycles. The maximum Gasteiger partial charge on any atom is 0.416 e. The molecule has 0 fully saturated rings. The molecule has 3 rings (SSSR count). The van der Waals surface area contributed by atoms with Crippen LogP contribution in [0, 0.1) is 0 Å². The van der Waals surface area contributed by atoms with Crippen LogP contribution in [0.5, 0.6) is 5.75 Å². The predicted molar refractivity (Wildman–Crippen MR) is 99.9 cm³/mol. The van der Waals surface area contributed by atoms with Gasteiger partial charge in [-0.1, -0.05) is 30.3 Å². The Balaban J connectivity index is 1.52. The number of hydrazone groups is 1. The van der Waals surface area contributed by atoms with Gasteiger partial charge in [-0.25, -0.2) is 0 Å². The van der Waals surface area contributed by atoms with Gasteiger partial charge in [-0.3, -0.25) is 5.43 Å². The van der Waals surface area contributed by atoms with Gasteiger partial charge in [-0.15, -0.1) is 0 Å². The molecule has 0 aromatic heterocycles. The van der Waals surface area contributed by atoms with Gasteiger partial charge in [0.2, 0.25) is 0 Å². The number of halogens is 3. The number of rotatable bonds is 6. The smallest absolute Gasteiger partial charge is 0.416 e. The molecule has 0 atom stereocenters. The van der Waals surface area contributed by atoms with E-state index in [-0.39, 0.29) is 0 Å². The zero-order valence-corrected chi connectivity index (χ0v) is 14.3. The highest BCUT2D eigenvalue weighted by atomic mass is 19.4. The number of hydrogen-bond acceptors (Lipinski definition) is 3. The lowest BCUT2D eigenvalue weighted by molar-refractivity contribution is -0.137. The summed E-state index contributed by atoms with van der Waals surface area (Å²) in [7, 11) is 0. The van der Waals surface area contributed by atoms with E-state index in [4.69, 9.17) is 4.74 Å². The van der Waals surface area contributed by atoms with E-state index in [0.29, 0.717) is 12.3 Å².